The number of non-ortho nitro benzene ring substituents is 1. The van der Waals surface area contributed by atoms with Crippen LogP contribution < -0.4 is 15.4 Å². The van der Waals surface area contributed by atoms with Crippen molar-refractivity contribution in [1.29, 1.82) is 0 Å². The van der Waals surface area contributed by atoms with E-state index >= 15 is 0 Å². The minimum Gasteiger partial charge on any atom is -0.497 e. The number of aromatic nitrogens is 1. The number of anilines is 1. The van der Waals surface area contributed by atoms with Crippen LogP contribution in [0.25, 0.3) is 10.9 Å². The number of H-pyrrole nitrogens is 1. The van der Waals surface area contributed by atoms with Gasteiger partial charge in [-0.05, 0) is 42.3 Å². The molecular weight excluding hydrogens is 522 g/mol. The van der Waals surface area contributed by atoms with Crippen LogP contribution in [0.5, 0.6) is 5.75 Å². The van der Waals surface area contributed by atoms with Crippen LogP contribution in [0.4, 0.5) is 11.4 Å². The molecular formula is C28H26ClN5O5. The molecule has 10 nitrogen and oxygen atoms in total. The summed E-state index contributed by atoms with van der Waals surface area (Å²) in [6, 6.07) is 17.2. The maximum Gasteiger partial charge on any atom is 0.270 e. The van der Waals surface area contributed by atoms with Crippen LogP contribution >= 0.6 is 11.6 Å². The van der Waals surface area contributed by atoms with Gasteiger partial charge < -0.3 is 20.4 Å². The van der Waals surface area contributed by atoms with Crippen LogP contribution in [0.3, 0.4) is 0 Å². The minimum absolute atomic E-state index is 0.00224. The van der Waals surface area contributed by atoms with Gasteiger partial charge in [0.05, 0.1) is 23.4 Å². The van der Waals surface area contributed by atoms with Gasteiger partial charge in [-0.25, -0.2) is 0 Å². The topological polar surface area (TPSA) is 139 Å². The average molecular weight is 548 g/mol. The zero-order chi connectivity index (χ0) is 27.9. The number of fused-ring (bicyclic) bond motifs is 2. The Hall–Kier alpha value is -4.70. The average Bonchev–Trinajstić information content (AvgIpc) is 3.24. The van der Waals surface area contributed by atoms with E-state index in [1.54, 1.807) is 31.4 Å². The van der Waals surface area contributed by atoms with Crippen LogP contribution in [0.15, 0.2) is 71.9 Å². The molecule has 2 amide bonds. The van der Waals surface area contributed by atoms with E-state index < -0.39 is 4.92 Å². The Balaban J connectivity index is 0.000000187. The van der Waals surface area contributed by atoms with Gasteiger partial charge >= 0.3 is 0 Å². The van der Waals surface area contributed by atoms with Crippen LogP contribution in [0.1, 0.15) is 23.6 Å². The first kappa shape index (κ1) is 27.3. The van der Waals surface area contributed by atoms with E-state index in [2.05, 4.69) is 20.6 Å². The first-order chi connectivity index (χ1) is 18.8. The number of carbonyl (C=O) groups is 2. The third-order valence-electron chi connectivity index (χ3n) is 6.00. The maximum atomic E-state index is 11.7. The molecule has 5 rings (SSSR count). The number of nitrogens with zero attached hydrogens (tertiary/aromatic N) is 2. The Morgan fingerprint density at radius 2 is 1.95 bits per heavy atom. The molecule has 3 aromatic carbocycles. The predicted molar refractivity (Wildman–Crippen MR) is 151 cm³/mol. The SMILES string of the molecule is COc1ccc2[nH]cc(CCNC(C)=O)c2c1.O=C1CN=C(c2ccccc2Cl)c2cc([N+](=O)[O-])ccc2N1. The summed E-state index contributed by atoms with van der Waals surface area (Å²) in [5.41, 5.74) is 4.25. The lowest BCUT2D eigenvalue weighted by Gasteiger charge is -2.11. The molecule has 1 aliphatic heterocycles. The molecule has 200 valence electrons. The number of hydrogen-bond acceptors (Lipinski definition) is 6. The lowest BCUT2D eigenvalue weighted by atomic mass is 10.00. The molecule has 2 heterocycles. The number of aliphatic imine (C=N–C) groups is 1. The summed E-state index contributed by atoms with van der Waals surface area (Å²) in [5.74, 6) is 0.567. The first-order valence-corrected chi connectivity index (χ1v) is 12.4. The Bertz CT molecular complexity index is 1580. The second kappa shape index (κ2) is 12.2. The smallest absolute Gasteiger partial charge is 0.270 e. The van der Waals surface area contributed by atoms with E-state index in [0.717, 1.165) is 23.1 Å². The third-order valence-corrected chi connectivity index (χ3v) is 6.33. The molecule has 0 unspecified atom stereocenters. The fourth-order valence-corrected chi connectivity index (χ4v) is 4.35. The fourth-order valence-electron chi connectivity index (χ4n) is 4.12. The van der Waals surface area contributed by atoms with Crippen molar-refractivity contribution in [2.45, 2.75) is 13.3 Å². The standard InChI is InChI=1S/C15H10ClN3O3.C13H16N2O2/c16-12-4-2-1-3-10(12)15-11-7-9(19(21)22)5-6-13(11)18-14(20)8-17-15;1-9(16)14-6-5-10-8-15-13-4-3-11(17-2)7-12(10)13/h1-7H,8H2,(H,18,20);3-4,7-8,15H,5-6H2,1-2H3,(H,14,16). The second-order valence-electron chi connectivity index (χ2n) is 8.64. The number of methoxy groups -OCH3 is 1. The van der Waals surface area contributed by atoms with Crippen molar-refractivity contribution in [1.82, 2.24) is 10.3 Å². The molecule has 0 radical (unpaired) electrons. The maximum absolute atomic E-state index is 11.7. The second-order valence-corrected chi connectivity index (χ2v) is 9.05. The fraction of sp³-hybridized carbons (Fsp3) is 0.179. The van der Waals surface area contributed by atoms with E-state index in [1.165, 1.54) is 30.7 Å². The van der Waals surface area contributed by atoms with Gasteiger partial charge in [-0.15, -0.1) is 0 Å². The van der Waals surface area contributed by atoms with Gasteiger partial charge in [0, 0.05) is 58.9 Å². The molecule has 0 bridgehead atoms. The number of nitrogens with one attached hydrogen (secondary N) is 3. The summed E-state index contributed by atoms with van der Waals surface area (Å²) >= 11 is 6.20. The number of halogens is 1. The zero-order valence-corrected chi connectivity index (χ0v) is 22.0. The molecule has 0 aliphatic carbocycles. The van der Waals surface area contributed by atoms with Gasteiger partial charge in [0.25, 0.3) is 5.69 Å². The Morgan fingerprint density at radius 3 is 2.67 bits per heavy atom. The van der Waals surface area contributed by atoms with Crippen molar-refractivity contribution in [3.05, 3.63) is 98.7 Å². The molecule has 0 fully saturated rings. The summed E-state index contributed by atoms with van der Waals surface area (Å²) in [6.07, 6.45) is 2.79. The normalized spacial score (nSPS) is 12.3. The highest BCUT2D eigenvalue weighted by molar-refractivity contribution is 6.36. The lowest BCUT2D eigenvalue weighted by Crippen LogP contribution is -2.22. The number of ether oxygens (including phenoxy) is 1. The number of hydrogen-bond donors (Lipinski definition) is 3. The molecule has 1 aromatic heterocycles. The highest BCUT2D eigenvalue weighted by atomic mass is 35.5. The van der Waals surface area contributed by atoms with Crippen molar-refractivity contribution in [3.8, 4) is 5.75 Å². The molecule has 4 aromatic rings. The Labute approximate surface area is 229 Å². The Kier molecular flexibility index (Phi) is 8.57. The highest BCUT2D eigenvalue weighted by Crippen LogP contribution is 2.29. The number of benzodiazepines with no additional fused rings is 1. The van der Waals surface area contributed by atoms with Gasteiger partial charge in [-0.1, -0.05) is 29.8 Å². The summed E-state index contributed by atoms with van der Waals surface area (Å²) in [7, 11) is 1.66. The van der Waals surface area contributed by atoms with Crippen molar-refractivity contribution in [2.75, 3.05) is 25.5 Å². The zero-order valence-electron chi connectivity index (χ0n) is 21.3. The van der Waals surface area contributed by atoms with E-state index in [-0.39, 0.29) is 24.0 Å². The number of benzene rings is 3. The van der Waals surface area contributed by atoms with Crippen LogP contribution in [-0.2, 0) is 16.0 Å². The van der Waals surface area contributed by atoms with Crippen LogP contribution in [0.2, 0.25) is 5.02 Å². The largest absolute Gasteiger partial charge is 0.497 e. The van der Waals surface area contributed by atoms with Crippen LogP contribution in [-0.4, -0.2) is 47.6 Å². The molecule has 0 saturated heterocycles. The van der Waals surface area contributed by atoms with E-state index in [1.807, 2.05) is 24.4 Å². The van der Waals surface area contributed by atoms with Gasteiger partial charge in [-0.3, -0.25) is 24.7 Å². The van der Waals surface area contributed by atoms with E-state index in [4.69, 9.17) is 16.3 Å². The highest BCUT2D eigenvalue weighted by Gasteiger charge is 2.22. The molecule has 39 heavy (non-hydrogen) atoms. The minimum atomic E-state index is -0.489. The van der Waals surface area contributed by atoms with Crippen LogP contribution in [0, 0.1) is 10.1 Å². The van der Waals surface area contributed by atoms with Crippen molar-refractivity contribution in [2.24, 2.45) is 4.99 Å². The van der Waals surface area contributed by atoms with E-state index in [0.29, 0.717) is 34.1 Å². The van der Waals surface area contributed by atoms with Crippen molar-refractivity contribution < 1.29 is 19.2 Å². The lowest BCUT2D eigenvalue weighted by molar-refractivity contribution is -0.384. The summed E-state index contributed by atoms with van der Waals surface area (Å²) in [5, 5.41) is 18.1. The van der Waals surface area contributed by atoms with Gasteiger partial charge in [-0.2, -0.15) is 0 Å². The van der Waals surface area contributed by atoms with Crippen molar-refractivity contribution in [3.63, 3.8) is 0 Å². The number of nitro groups is 1. The molecule has 0 saturated carbocycles. The number of amides is 2. The number of nitro benzene ring substituents is 1. The molecule has 0 atom stereocenters. The molecule has 3 N–H and O–H groups in total. The quantitative estimate of drug-likeness (QED) is 0.233. The summed E-state index contributed by atoms with van der Waals surface area (Å²) < 4.78 is 5.21. The van der Waals surface area contributed by atoms with Crippen molar-refractivity contribution >= 4 is 51.4 Å². The third kappa shape index (κ3) is 6.60. The van der Waals surface area contributed by atoms with Gasteiger partial charge in [0.1, 0.15) is 12.3 Å². The molecule has 0 spiro atoms. The summed E-state index contributed by atoms with van der Waals surface area (Å²) in [6.45, 7) is 2.11. The number of carbonyl (C=O) groups excluding carboxylic acids is 2. The number of rotatable bonds is 6. The summed E-state index contributed by atoms with van der Waals surface area (Å²) in [4.78, 5) is 40.5. The van der Waals surface area contributed by atoms with E-state index in [9.17, 15) is 19.7 Å². The molecule has 11 heteroatoms. The predicted octanol–water partition coefficient (Wildman–Crippen LogP) is 4.89. The first-order valence-electron chi connectivity index (χ1n) is 12.0. The van der Waals surface area contributed by atoms with Gasteiger partial charge in [0.15, 0.2) is 0 Å². The molecule has 1 aliphatic rings. The van der Waals surface area contributed by atoms with Gasteiger partial charge in [0.2, 0.25) is 11.8 Å². The monoisotopic (exact) mass is 547 g/mol. The Morgan fingerprint density at radius 1 is 1.15 bits per heavy atom. The number of aromatic amines is 1.